The molecule has 0 bridgehead atoms. The fraction of sp³-hybridized carbons (Fsp3) is 0.333. The van der Waals surface area contributed by atoms with Crippen molar-refractivity contribution in [3.05, 3.63) is 54.4 Å². The fourth-order valence-electron chi connectivity index (χ4n) is 3.10. The lowest BCUT2D eigenvalue weighted by atomic mass is 10.1. The molecular formula is C18H19N5O2. The Morgan fingerprint density at radius 2 is 2.04 bits per heavy atom. The zero-order valence-electron chi connectivity index (χ0n) is 13.8. The van der Waals surface area contributed by atoms with Crippen LogP contribution in [0.3, 0.4) is 0 Å². The Kier molecular flexibility index (Phi) is 4.39. The van der Waals surface area contributed by atoms with Gasteiger partial charge in [0.15, 0.2) is 0 Å². The zero-order valence-corrected chi connectivity index (χ0v) is 13.8. The maximum atomic E-state index is 12.6. The maximum absolute atomic E-state index is 12.6. The molecule has 1 amide bonds. The molecule has 0 N–H and O–H groups in total. The number of fused-ring (bicyclic) bond motifs is 1. The predicted octanol–water partition coefficient (Wildman–Crippen LogP) is 1.82. The molecule has 0 saturated carbocycles. The number of ether oxygens (including phenoxy) is 1. The predicted molar refractivity (Wildman–Crippen MR) is 91.7 cm³/mol. The largest absolute Gasteiger partial charge is 0.370 e. The highest BCUT2D eigenvalue weighted by atomic mass is 16.5. The monoisotopic (exact) mass is 337 g/mol. The van der Waals surface area contributed by atoms with Gasteiger partial charge in [0.25, 0.3) is 0 Å². The quantitative estimate of drug-likeness (QED) is 0.726. The normalized spacial score (nSPS) is 17.8. The van der Waals surface area contributed by atoms with Crippen molar-refractivity contribution in [2.75, 3.05) is 19.7 Å². The topological polar surface area (TPSA) is 73.1 Å². The van der Waals surface area contributed by atoms with Gasteiger partial charge in [0.1, 0.15) is 11.6 Å². The molecule has 0 radical (unpaired) electrons. The van der Waals surface area contributed by atoms with Crippen molar-refractivity contribution in [1.82, 2.24) is 24.9 Å². The van der Waals surface area contributed by atoms with Gasteiger partial charge in [0, 0.05) is 25.4 Å². The Morgan fingerprint density at radius 1 is 1.20 bits per heavy atom. The summed E-state index contributed by atoms with van der Waals surface area (Å²) in [5, 5.41) is 8.26. The summed E-state index contributed by atoms with van der Waals surface area (Å²) >= 11 is 0. The van der Waals surface area contributed by atoms with Crippen molar-refractivity contribution in [3.63, 3.8) is 0 Å². The Hall–Kier alpha value is -2.80. The van der Waals surface area contributed by atoms with Crippen LogP contribution in [-0.4, -0.2) is 50.5 Å². The van der Waals surface area contributed by atoms with Crippen molar-refractivity contribution in [2.45, 2.75) is 19.1 Å². The van der Waals surface area contributed by atoms with E-state index in [4.69, 9.17) is 4.74 Å². The fourth-order valence-corrected chi connectivity index (χ4v) is 3.10. The number of para-hydroxylation sites is 1. The van der Waals surface area contributed by atoms with E-state index < -0.39 is 0 Å². The number of pyridine rings is 1. The molecule has 3 heterocycles. The minimum Gasteiger partial charge on any atom is -0.370 e. The Labute approximate surface area is 145 Å². The van der Waals surface area contributed by atoms with E-state index in [9.17, 15) is 4.79 Å². The van der Waals surface area contributed by atoms with Gasteiger partial charge in [-0.05, 0) is 29.8 Å². The van der Waals surface area contributed by atoms with Gasteiger partial charge in [-0.3, -0.25) is 9.78 Å². The molecule has 7 heteroatoms. The second-order valence-corrected chi connectivity index (χ2v) is 6.03. The van der Waals surface area contributed by atoms with Crippen LogP contribution in [-0.2, 0) is 16.1 Å². The summed E-state index contributed by atoms with van der Waals surface area (Å²) in [6.07, 6.45) is 3.80. The summed E-state index contributed by atoms with van der Waals surface area (Å²) in [4.78, 5) is 18.5. The minimum absolute atomic E-state index is 0.0899. The molecule has 1 atom stereocenters. The first kappa shape index (κ1) is 15.7. The molecule has 1 aromatic carbocycles. The van der Waals surface area contributed by atoms with Crippen LogP contribution >= 0.6 is 0 Å². The Morgan fingerprint density at radius 3 is 2.92 bits per heavy atom. The summed E-state index contributed by atoms with van der Waals surface area (Å²) < 4.78 is 7.59. The van der Waals surface area contributed by atoms with Crippen molar-refractivity contribution >= 4 is 16.9 Å². The highest BCUT2D eigenvalue weighted by molar-refractivity contribution is 5.77. The molecule has 0 spiro atoms. The third-order valence-corrected chi connectivity index (χ3v) is 4.45. The summed E-state index contributed by atoms with van der Waals surface area (Å²) in [6, 6.07) is 11.6. The molecule has 7 nitrogen and oxygen atoms in total. The van der Waals surface area contributed by atoms with E-state index in [1.54, 1.807) is 17.1 Å². The van der Waals surface area contributed by atoms with Gasteiger partial charge >= 0.3 is 0 Å². The summed E-state index contributed by atoms with van der Waals surface area (Å²) in [5.41, 5.74) is 2.85. The Balaban J connectivity index is 1.39. The van der Waals surface area contributed by atoms with Crippen LogP contribution < -0.4 is 0 Å². The van der Waals surface area contributed by atoms with Crippen LogP contribution in [0.15, 0.2) is 48.8 Å². The van der Waals surface area contributed by atoms with Gasteiger partial charge in [0.2, 0.25) is 5.91 Å². The van der Waals surface area contributed by atoms with Gasteiger partial charge in [0.05, 0.1) is 25.2 Å². The van der Waals surface area contributed by atoms with Gasteiger partial charge in [-0.15, -0.1) is 5.10 Å². The van der Waals surface area contributed by atoms with Crippen molar-refractivity contribution < 1.29 is 9.53 Å². The maximum Gasteiger partial charge on any atom is 0.224 e. The highest BCUT2D eigenvalue weighted by Gasteiger charge is 2.25. The summed E-state index contributed by atoms with van der Waals surface area (Å²) in [5.74, 6) is 0.113. The average molecular weight is 337 g/mol. The molecule has 25 heavy (non-hydrogen) atoms. The number of amides is 1. The first-order valence-electron chi connectivity index (χ1n) is 8.39. The van der Waals surface area contributed by atoms with Crippen LogP contribution in [0.5, 0.6) is 0 Å². The molecule has 0 aliphatic carbocycles. The van der Waals surface area contributed by atoms with E-state index in [2.05, 4.69) is 15.3 Å². The second kappa shape index (κ2) is 6.98. The molecule has 1 unspecified atom stereocenters. The zero-order chi connectivity index (χ0) is 17.1. The van der Waals surface area contributed by atoms with Gasteiger partial charge in [-0.25, -0.2) is 4.68 Å². The van der Waals surface area contributed by atoms with E-state index in [0.29, 0.717) is 32.7 Å². The summed E-state index contributed by atoms with van der Waals surface area (Å²) in [7, 11) is 0. The van der Waals surface area contributed by atoms with Crippen LogP contribution in [0.4, 0.5) is 0 Å². The number of morpholine rings is 1. The van der Waals surface area contributed by atoms with Crippen molar-refractivity contribution in [1.29, 1.82) is 0 Å². The highest BCUT2D eigenvalue weighted by Crippen LogP contribution is 2.22. The molecule has 1 aliphatic rings. The number of hydrogen-bond donors (Lipinski definition) is 0. The number of aryl methyl sites for hydroxylation is 1. The van der Waals surface area contributed by atoms with E-state index in [-0.39, 0.29) is 12.0 Å². The van der Waals surface area contributed by atoms with E-state index >= 15 is 0 Å². The van der Waals surface area contributed by atoms with Crippen LogP contribution in [0, 0.1) is 0 Å². The number of rotatable bonds is 4. The van der Waals surface area contributed by atoms with E-state index in [0.717, 1.165) is 16.6 Å². The third kappa shape index (κ3) is 3.36. The third-order valence-electron chi connectivity index (χ3n) is 4.45. The number of aromatic nitrogens is 4. The number of nitrogens with zero attached hydrogens (tertiary/aromatic N) is 5. The van der Waals surface area contributed by atoms with E-state index in [1.165, 1.54) is 0 Å². The molecule has 1 fully saturated rings. The lowest BCUT2D eigenvalue weighted by Gasteiger charge is -2.33. The van der Waals surface area contributed by atoms with E-state index in [1.807, 2.05) is 41.3 Å². The number of carbonyl (C=O) groups excluding carboxylic acids is 1. The first-order valence-corrected chi connectivity index (χ1v) is 8.39. The SMILES string of the molecule is O=C(CCn1nnc2ccccc21)N1CCOC(c2ccncc2)C1. The average Bonchev–Trinajstić information content (AvgIpc) is 3.10. The van der Waals surface area contributed by atoms with Crippen LogP contribution in [0.1, 0.15) is 18.1 Å². The minimum atomic E-state index is -0.0899. The molecule has 2 aromatic heterocycles. The molecular weight excluding hydrogens is 318 g/mol. The molecule has 128 valence electrons. The van der Waals surface area contributed by atoms with Crippen molar-refractivity contribution in [2.24, 2.45) is 0 Å². The number of hydrogen-bond acceptors (Lipinski definition) is 5. The van der Waals surface area contributed by atoms with Gasteiger partial charge < -0.3 is 9.64 Å². The first-order chi connectivity index (χ1) is 12.3. The Bertz CT molecular complexity index is 864. The van der Waals surface area contributed by atoms with Crippen LogP contribution in [0.2, 0.25) is 0 Å². The second-order valence-electron chi connectivity index (χ2n) is 6.03. The smallest absolute Gasteiger partial charge is 0.224 e. The van der Waals surface area contributed by atoms with Gasteiger partial charge in [-0.2, -0.15) is 0 Å². The van der Waals surface area contributed by atoms with Crippen molar-refractivity contribution in [3.8, 4) is 0 Å². The summed E-state index contributed by atoms with van der Waals surface area (Å²) in [6.45, 7) is 2.26. The number of carbonyl (C=O) groups is 1. The molecule has 4 rings (SSSR count). The van der Waals surface area contributed by atoms with Crippen LogP contribution in [0.25, 0.3) is 11.0 Å². The molecule has 1 aliphatic heterocycles. The van der Waals surface area contributed by atoms with Gasteiger partial charge in [-0.1, -0.05) is 17.3 Å². The lowest BCUT2D eigenvalue weighted by molar-refractivity contribution is -0.139. The standard InChI is InChI=1S/C18H19N5O2/c24-18(7-10-23-16-4-2-1-3-15(16)20-21-23)22-11-12-25-17(13-22)14-5-8-19-9-6-14/h1-6,8-9,17H,7,10-13H2. The lowest BCUT2D eigenvalue weighted by Crippen LogP contribution is -2.42. The molecule has 1 saturated heterocycles. The number of benzene rings is 1. The molecule has 3 aromatic rings.